The van der Waals surface area contributed by atoms with Crippen LogP contribution in [0.25, 0.3) is 6.08 Å². The first-order valence-electron chi connectivity index (χ1n) is 8.55. The highest BCUT2D eigenvalue weighted by Crippen LogP contribution is 2.30. The van der Waals surface area contributed by atoms with Gasteiger partial charge in [0, 0.05) is 25.9 Å². The van der Waals surface area contributed by atoms with E-state index in [2.05, 4.69) is 4.98 Å². The SMILES string of the molecule is COc1cc(C=C2C(=O)N(C)C(=O)N(C)C2=O)ccc1OCc1ccc(Cl)nc1. The molecule has 8 nitrogen and oxygen atoms in total. The van der Waals surface area contributed by atoms with Crippen molar-refractivity contribution in [2.75, 3.05) is 21.2 Å². The van der Waals surface area contributed by atoms with E-state index in [1.165, 1.54) is 27.3 Å². The van der Waals surface area contributed by atoms with Gasteiger partial charge in [0.2, 0.25) is 0 Å². The largest absolute Gasteiger partial charge is 0.493 e. The van der Waals surface area contributed by atoms with Gasteiger partial charge in [-0.15, -0.1) is 0 Å². The third-order valence-corrected chi connectivity index (χ3v) is 4.55. The monoisotopic (exact) mass is 415 g/mol. The number of carbonyl (C=O) groups excluding carboxylic acids is 3. The molecule has 0 aliphatic carbocycles. The first-order valence-corrected chi connectivity index (χ1v) is 8.92. The Kier molecular flexibility index (Phi) is 5.84. The van der Waals surface area contributed by atoms with Gasteiger partial charge in [-0.3, -0.25) is 19.4 Å². The van der Waals surface area contributed by atoms with Crippen molar-refractivity contribution in [3.05, 3.63) is 58.4 Å². The number of rotatable bonds is 5. The van der Waals surface area contributed by atoms with Crippen LogP contribution in [0.3, 0.4) is 0 Å². The van der Waals surface area contributed by atoms with Gasteiger partial charge in [-0.2, -0.15) is 0 Å². The summed E-state index contributed by atoms with van der Waals surface area (Å²) >= 11 is 5.77. The number of hydrogen-bond acceptors (Lipinski definition) is 6. The van der Waals surface area contributed by atoms with E-state index in [9.17, 15) is 14.4 Å². The zero-order valence-corrected chi connectivity index (χ0v) is 16.8. The van der Waals surface area contributed by atoms with Crippen molar-refractivity contribution in [2.24, 2.45) is 0 Å². The van der Waals surface area contributed by atoms with Crippen LogP contribution in [0, 0.1) is 0 Å². The summed E-state index contributed by atoms with van der Waals surface area (Å²) in [5.74, 6) is -0.412. The highest BCUT2D eigenvalue weighted by molar-refractivity contribution is 6.30. The van der Waals surface area contributed by atoms with Crippen LogP contribution in [-0.4, -0.2) is 53.8 Å². The highest BCUT2D eigenvalue weighted by Gasteiger charge is 2.37. The third-order valence-electron chi connectivity index (χ3n) is 4.33. The first kappa shape index (κ1) is 20.3. The van der Waals surface area contributed by atoms with E-state index in [0.717, 1.165) is 15.4 Å². The number of ether oxygens (including phenoxy) is 2. The van der Waals surface area contributed by atoms with Crippen LogP contribution in [0.1, 0.15) is 11.1 Å². The molecule has 9 heteroatoms. The zero-order chi connectivity index (χ0) is 21.1. The maximum Gasteiger partial charge on any atom is 0.333 e. The van der Waals surface area contributed by atoms with Gasteiger partial charge in [0.25, 0.3) is 11.8 Å². The number of methoxy groups -OCH3 is 1. The van der Waals surface area contributed by atoms with Crippen LogP contribution in [-0.2, 0) is 16.2 Å². The van der Waals surface area contributed by atoms with Crippen LogP contribution in [0.4, 0.5) is 4.79 Å². The molecule has 0 saturated carbocycles. The standard InChI is InChI=1S/C20H18ClN3O5/c1-23-18(25)14(19(26)24(2)20(23)27)8-12-4-6-15(16(9-12)28-3)29-11-13-5-7-17(21)22-10-13/h4-10H,11H2,1-3H3. The molecule has 1 saturated heterocycles. The predicted molar refractivity (Wildman–Crippen MR) is 105 cm³/mol. The maximum atomic E-state index is 12.3. The summed E-state index contributed by atoms with van der Waals surface area (Å²) < 4.78 is 11.1. The van der Waals surface area contributed by atoms with Gasteiger partial charge in [-0.1, -0.05) is 23.7 Å². The molecule has 29 heavy (non-hydrogen) atoms. The molecule has 150 valence electrons. The molecular formula is C20H18ClN3O5. The highest BCUT2D eigenvalue weighted by atomic mass is 35.5. The number of urea groups is 1. The Morgan fingerprint density at radius 3 is 2.31 bits per heavy atom. The Labute approximate surface area is 172 Å². The first-order chi connectivity index (χ1) is 13.8. The molecule has 4 amide bonds. The molecule has 3 rings (SSSR count). The average Bonchev–Trinajstić information content (AvgIpc) is 2.74. The Morgan fingerprint density at radius 2 is 1.72 bits per heavy atom. The van der Waals surface area contributed by atoms with Gasteiger partial charge < -0.3 is 9.47 Å². The van der Waals surface area contributed by atoms with Gasteiger partial charge in [-0.25, -0.2) is 9.78 Å². The van der Waals surface area contributed by atoms with Crippen LogP contribution in [0.5, 0.6) is 11.5 Å². The van der Waals surface area contributed by atoms with Crippen molar-refractivity contribution < 1.29 is 23.9 Å². The Hall–Kier alpha value is -3.39. The fraction of sp³-hybridized carbons (Fsp3) is 0.200. The number of likely N-dealkylation sites (N-methyl/N-ethyl adjacent to an activating group) is 2. The number of barbiturate groups is 1. The van der Waals surface area contributed by atoms with Crippen molar-refractivity contribution in [3.8, 4) is 11.5 Å². The molecule has 1 aliphatic heterocycles. The molecule has 1 aromatic heterocycles. The Morgan fingerprint density at radius 1 is 1.03 bits per heavy atom. The van der Waals surface area contributed by atoms with Crippen molar-refractivity contribution >= 4 is 35.5 Å². The summed E-state index contributed by atoms with van der Waals surface area (Å²) in [5.41, 5.74) is 1.27. The number of halogens is 1. The quantitative estimate of drug-likeness (QED) is 0.424. The number of carbonyl (C=O) groups is 3. The smallest absolute Gasteiger partial charge is 0.333 e. The van der Waals surface area contributed by atoms with E-state index in [1.54, 1.807) is 36.5 Å². The molecule has 0 bridgehead atoms. The molecule has 0 N–H and O–H groups in total. The summed E-state index contributed by atoms with van der Waals surface area (Å²) in [5, 5.41) is 0.397. The molecule has 1 fully saturated rings. The van der Waals surface area contributed by atoms with Crippen LogP contribution >= 0.6 is 11.6 Å². The maximum absolute atomic E-state index is 12.3. The molecule has 2 aromatic rings. The Bertz CT molecular complexity index is 978. The predicted octanol–water partition coefficient (Wildman–Crippen LogP) is 2.76. The number of hydrogen-bond donors (Lipinski definition) is 0. The van der Waals surface area contributed by atoms with E-state index in [1.807, 2.05) is 0 Å². The van der Waals surface area contributed by atoms with Crippen molar-refractivity contribution in [1.29, 1.82) is 0 Å². The summed E-state index contributed by atoms with van der Waals surface area (Å²) in [6, 6.07) is 7.79. The van der Waals surface area contributed by atoms with Gasteiger partial charge in [0.1, 0.15) is 17.3 Å². The number of imide groups is 2. The fourth-order valence-electron chi connectivity index (χ4n) is 2.69. The minimum atomic E-state index is -0.671. The van der Waals surface area contributed by atoms with E-state index in [0.29, 0.717) is 22.2 Å². The molecule has 1 aromatic carbocycles. The lowest BCUT2D eigenvalue weighted by atomic mass is 10.1. The van der Waals surface area contributed by atoms with Gasteiger partial charge in [-0.05, 0) is 29.8 Å². The second-order valence-corrected chi connectivity index (χ2v) is 6.64. The van der Waals surface area contributed by atoms with Crippen LogP contribution in [0.2, 0.25) is 5.15 Å². The Balaban J connectivity index is 1.83. The average molecular weight is 416 g/mol. The summed E-state index contributed by atoms with van der Waals surface area (Å²) in [6.45, 7) is 0.260. The molecule has 0 atom stereocenters. The minimum Gasteiger partial charge on any atom is -0.493 e. The normalized spacial score (nSPS) is 14.3. The molecule has 0 unspecified atom stereocenters. The van der Waals surface area contributed by atoms with Crippen molar-refractivity contribution in [3.63, 3.8) is 0 Å². The lowest BCUT2D eigenvalue weighted by molar-refractivity contribution is -0.134. The number of nitrogens with zero attached hydrogens (tertiary/aromatic N) is 3. The van der Waals surface area contributed by atoms with Gasteiger partial charge in [0.05, 0.1) is 7.11 Å². The lowest BCUT2D eigenvalue weighted by Gasteiger charge is -2.28. The van der Waals surface area contributed by atoms with Crippen molar-refractivity contribution in [2.45, 2.75) is 6.61 Å². The number of benzene rings is 1. The summed E-state index contributed by atoms with van der Waals surface area (Å²) in [6.07, 6.45) is 3.03. The van der Waals surface area contributed by atoms with E-state index in [4.69, 9.17) is 21.1 Å². The van der Waals surface area contributed by atoms with Gasteiger partial charge >= 0.3 is 6.03 Å². The lowest BCUT2D eigenvalue weighted by Crippen LogP contribution is -2.52. The third kappa shape index (κ3) is 4.22. The molecule has 1 aliphatic rings. The van der Waals surface area contributed by atoms with Crippen LogP contribution < -0.4 is 9.47 Å². The summed E-state index contributed by atoms with van der Waals surface area (Å²) in [7, 11) is 4.13. The molecule has 2 heterocycles. The number of aromatic nitrogens is 1. The molecule has 0 spiro atoms. The summed E-state index contributed by atoms with van der Waals surface area (Å²) in [4.78, 5) is 42.2. The topological polar surface area (TPSA) is 89.0 Å². The number of pyridine rings is 1. The minimum absolute atomic E-state index is 0.113. The fourth-order valence-corrected chi connectivity index (χ4v) is 2.80. The van der Waals surface area contributed by atoms with Crippen molar-refractivity contribution in [1.82, 2.24) is 14.8 Å². The van der Waals surface area contributed by atoms with E-state index >= 15 is 0 Å². The van der Waals surface area contributed by atoms with Crippen LogP contribution in [0.15, 0.2) is 42.1 Å². The number of amides is 4. The zero-order valence-electron chi connectivity index (χ0n) is 16.0. The second kappa shape index (κ2) is 8.32. The van der Waals surface area contributed by atoms with E-state index in [-0.39, 0.29) is 12.2 Å². The molecule has 0 radical (unpaired) electrons. The molecular weight excluding hydrogens is 398 g/mol. The van der Waals surface area contributed by atoms with Gasteiger partial charge in [0.15, 0.2) is 11.5 Å². The second-order valence-electron chi connectivity index (χ2n) is 6.26. The van der Waals surface area contributed by atoms with E-state index < -0.39 is 17.8 Å².